The van der Waals surface area contributed by atoms with Crippen LogP contribution in [0.5, 0.6) is 0 Å². The van der Waals surface area contributed by atoms with Crippen LogP contribution in [0.25, 0.3) is 11.3 Å². The van der Waals surface area contributed by atoms with E-state index in [2.05, 4.69) is 78.1 Å². The molecule has 0 atom stereocenters. The van der Waals surface area contributed by atoms with Gasteiger partial charge in [0.25, 0.3) is 0 Å². The number of pyridine rings is 2. The van der Waals surface area contributed by atoms with Crippen molar-refractivity contribution in [3.8, 4) is 11.3 Å². The van der Waals surface area contributed by atoms with Crippen molar-refractivity contribution in [1.29, 1.82) is 0 Å². The van der Waals surface area contributed by atoms with Crippen molar-refractivity contribution in [3.05, 3.63) is 60.4 Å². The molecule has 0 spiro atoms. The van der Waals surface area contributed by atoms with Crippen LogP contribution in [0.1, 0.15) is 5.56 Å². The zero-order valence-electron chi connectivity index (χ0n) is 13.4. The molecule has 0 unspecified atom stereocenters. The summed E-state index contributed by atoms with van der Waals surface area (Å²) in [5.74, 6) is 0. The number of aryl methyl sites for hydroxylation is 2. The average Bonchev–Trinajstić information content (AvgIpc) is 2.56. The van der Waals surface area contributed by atoms with Gasteiger partial charge >= 0.3 is 143 Å². The molecule has 3 heterocycles. The Hall–Kier alpha value is -2.16. The van der Waals surface area contributed by atoms with E-state index >= 15 is 0 Å². The summed E-state index contributed by atoms with van der Waals surface area (Å²) in [6.07, 6.45) is 3.99. The molecule has 4 rings (SSSR count). The number of hydrogen-bond donors (Lipinski definition) is 0. The Kier molecular flexibility index (Phi) is 3.44. The zero-order valence-corrected chi connectivity index (χ0v) is 15.2. The first-order chi connectivity index (χ1) is 11.1. The Labute approximate surface area is 142 Å². The second kappa shape index (κ2) is 5.48. The summed E-state index contributed by atoms with van der Waals surface area (Å²) in [4.78, 5) is 6.86. The van der Waals surface area contributed by atoms with Gasteiger partial charge in [0.2, 0.25) is 0 Å². The number of hydrogen-bond acceptors (Lipinski definition) is 2. The van der Waals surface area contributed by atoms with Gasteiger partial charge in [0.05, 0.1) is 0 Å². The topological polar surface area (TPSA) is 20.0 Å². The predicted octanol–water partition coefficient (Wildman–Crippen LogP) is 1.62. The summed E-state index contributed by atoms with van der Waals surface area (Å²) in [6, 6.07) is 15.2. The molecule has 3 aromatic rings. The number of aromatic nitrogens is 2. The third-order valence-corrected chi connectivity index (χ3v) is 6.53. The number of rotatable bonds is 1. The SMILES string of the molecule is Cc1cc2c(cc1-c1cccc[n+]1C)[Se]c1ncccc1N2C. The molecule has 0 saturated carbocycles. The van der Waals surface area contributed by atoms with Crippen molar-refractivity contribution < 1.29 is 4.57 Å². The molecular weight excluding hydrogens is 349 g/mol. The van der Waals surface area contributed by atoms with Gasteiger partial charge in [-0.2, -0.15) is 0 Å². The monoisotopic (exact) mass is 368 g/mol. The van der Waals surface area contributed by atoms with E-state index in [0.717, 1.165) is 0 Å². The minimum atomic E-state index is 0.244. The molecule has 114 valence electrons. The van der Waals surface area contributed by atoms with Gasteiger partial charge in [-0.25, -0.2) is 0 Å². The first kappa shape index (κ1) is 14.4. The normalized spacial score (nSPS) is 12.7. The average molecular weight is 367 g/mol. The summed E-state index contributed by atoms with van der Waals surface area (Å²) in [5, 5.41) is 0. The second-order valence-corrected chi connectivity index (χ2v) is 7.98. The summed E-state index contributed by atoms with van der Waals surface area (Å²) in [6.45, 7) is 2.20. The first-order valence-electron chi connectivity index (χ1n) is 7.61. The minimum absolute atomic E-state index is 0.244. The van der Waals surface area contributed by atoms with Crippen LogP contribution >= 0.6 is 0 Å². The van der Waals surface area contributed by atoms with E-state index in [4.69, 9.17) is 0 Å². The number of anilines is 2. The number of benzene rings is 1. The Morgan fingerprint density at radius 3 is 2.78 bits per heavy atom. The van der Waals surface area contributed by atoms with Gasteiger partial charge in [-0.3, -0.25) is 0 Å². The van der Waals surface area contributed by atoms with E-state index in [1.54, 1.807) is 0 Å². The van der Waals surface area contributed by atoms with Gasteiger partial charge in [-0.05, 0) is 0 Å². The molecule has 1 aliphatic heterocycles. The fourth-order valence-electron chi connectivity index (χ4n) is 3.05. The Morgan fingerprint density at radius 2 is 1.96 bits per heavy atom. The molecular formula is C19H18N3Se+. The summed E-state index contributed by atoms with van der Waals surface area (Å²) >= 11 is 0.244. The fourth-order valence-corrected chi connectivity index (χ4v) is 5.37. The molecule has 2 aromatic heterocycles. The number of fused-ring (bicyclic) bond motifs is 2. The van der Waals surface area contributed by atoms with Crippen LogP contribution in [0.4, 0.5) is 11.4 Å². The van der Waals surface area contributed by atoms with E-state index in [0.29, 0.717) is 0 Å². The molecule has 0 bridgehead atoms. The molecule has 0 aliphatic carbocycles. The van der Waals surface area contributed by atoms with Crippen molar-refractivity contribution in [2.75, 3.05) is 11.9 Å². The molecule has 1 aliphatic rings. The Bertz CT molecular complexity index is 905. The second-order valence-electron chi connectivity index (χ2n) is 5.82. The third kappa shape index (κ3) is 2.35. The van der Waals surface area contributed by atoms with Crippen LogP contribution in [-0.4, -0.2) is 27.0 Å². The Morgan fingerprint density at radius 1 is 1.09 bits per heavy atom. The van der Waals surface area contributed by atoms with Crippen molar-refractivity contribution in [1.82, 2.24) is 4.98 Å². The van der Waals surface area contributed by atoms with E-state index in [-0.39, 0.29) is 15.0 Å². The van der Waals surface area contributed by atoms with Crippen LogP contribution in [-0.2, 0) is 7.05 Å². The maximum absolute atomic E-state index is 4.59. The van der Waals surface area contributed by atoms with E-state index in [1.807, 2.05) is 12.3 Å². The van der Waals surface area contributed by atoms with E-state index in [1.165, 1.54) is 37.2 Å². The van der Waals surface area contributed by atoms with Crippen molar-refractivity contribution in [2.24, 2.45) is 7.05 Å². The molecule has 1 aromatic carbocycles. The van der Waals surface area contributed by atoms with Gasteiger partial charge in [0.1, 0.15) is 0 Å². The fraction of sp³-hybridized carbons (Fsp3) is 0.158. The van der Waals surface area contributed by atoms with Crippen LogP contribution in [0.2, 0.25) is 0 Å². The van der Waals surface area contributed by atoms with Crippen LogP contribution < -0.4 is 18.5 Å². The molecule has 3 nitrogen and oxygen atoms in total. The molecule has 0 amide bonds. The van der Waals surface area contributed by atoms with E-state index in [9.17, 15) is 0 Å². The third-order valence-electron chi connectivity index (χ3n) is 4.32. The van der Waals surface area contributed by atoms with E-state index < -0.39 is 0 Å². The number of nitrogens with zero attached hydrogens (tertiary/aromatic N) is 3. The standard InChI is InChI=1S/C19H18N3Se/c1-13-11-17-18(12-14(13)15-7-4-5-10-21(15)2)23-19-16(22(17)3)8-6-9-20-19/h4-12H,1-3H3/q+1. The summed E-state index contributed by atoms with van der Waals surface area (Å²) in [5.41, 5.74) is 6.41. The molecule has 0 fully saturated rings. The van der Waals surface area contributed by atoms with Crippen molar-refractivity contribution in [2.45, 2.75) is 6.92 Å². The maximum atomic E-state index is 4.59. The van der Waals surface area contributed by atoms with Gasteiger partial charge < -0.3 is 0 Å². The molecule has 0 radical (unpaired) electrons. The molecule has 4 heteroatoms. The summed E-state index contributed by atoms with van der Waals surface area (Å²) in [7, 11) is 4.23. The predicted molar refractivity (Wildman–Crippen MR) is 95.1 cm³/mol. The van der Waals surface area contributed by atoms with Crippen LogP contribution in [0.15, 0.2) is 54.9 Å². The molecule has 23 heavy (non-hydrogen) atoms. The quantitative estimate of drug-likeness (QED) is 0.481. The molecule has 0 N–H and O–H groups in total. The van der Waals surface area contributed by atoms with Crippen LogP contribution in [0, 0.1) is 6.92 Å². The van der Waals surface area contributed by atoms with Crippen molar-refractivity contribution in [3.63, 3.8) is 0 Å². The molecule has 0 saturated heterocycles. The van der Waals surface area contributed by atoms with Gasteiger partial charge in [-0.1, -0.05) is 0 Å². The summed E-state index contributed by atoms with van der Waals surface area (Å²) < 4.78 is 4.79. The van der Waals surface area contributed by atoms with Crippen LogP contribution in [0.3, 0.4) is 0 Å². The van der Waals surface area contributed by atoms with Gasteiger partial charge in [0.15, 0.2) is 0 Å². The first-order valence-corrected chi connectivity index (χ1v) is 9.33. The van der Waals surface area contributed by atoms with Gasteiger partial charge in [0, 0.05) is 0 Å². The van der Waals surface area contributed by atoms with Crippen molar-refractivity contribution >= 4 is 35.4 Å². The Balaban J connectivity index is 1.89. The zero-order chi connectivity index (χ0) is 16.0. The van der Waals surface area contributed by atoms with Gasteiger partial charge in [-0.15, -0.1) is 0 Å².